The maximum atomic E-state index is 5.39. The van der Waals surface area contributed by atoms with Gasteiger partial charge in [0, 0.05) is 27.2 Å². The standard InChI is InChI=1S/C17H23N7O/c1-13-4-6-14(7-5-13)12-18-22-15-19-16(23(2)3)21-17(20-15)24-8-10-25-11-9-24/h4-7,12H,8-11H2,1-3H3,(H,19,20,21,22)/b18-12+. The van der Waals surface area contributed by atoms with Crippen LogP contribution in [0.2, 0.25) is 0 Å². The number of aromatic nitrogens is 3. The van der Waals surface area contributed by atoms with Crippen LogP contribution in [0, 0.1) is 6.92 Å². The lowest BCUT2D eigenvalue weighted by Gasteiger charge is -2.27. The second-order valence-corrected chi connectivity index (χ2v) is 6.03. The fraction of sp³-hybridized carbons (Fsp3) is 0.412. The number of rotatable bonds is 5. The fourth-order valence-corrected chi connectivity index (χ4v) is 2.33. The van der Waals surface area contributed by atoms with Crippen molar-refractivity contribution in [2.75, 3.05) is 55.6 Å². The van der Waals surface area contributed by atoms with Crippen LogP contribution in [0.3, 0.4) is 0 Å². The van der Waals surface area contributed by atoms with Gasteiger partial charge in [0.1, 0.15) is 0 Å². The first-order chi connectivity index (χ1) is 12.1. The first-order valence-corrected chi connectivity index (χ1v) is 8.23. The Morgan fingerprint density at radius 1 is 1.12 bits per heavy atom. The summed E-state index contributed by atoms with van der Waals surface area (Å²) in [5.41, 5.74) is 5.13. The van der Waals surface area contributed by atoms with Gasteiger partial charge in [0.15, 0.2) is 0 Å². The molecule has 0 spiro atoms. The molecular weight excluding hydrogens is 318 g/mol. The van der Waals surface area contributed by atoms with Crippen molar-refractivity contribution in [1.29, 1.82) is 0 Å². The summed E-state index contributed by atoms with van der Waals surface area (Å²) < 4.78 is 5.39. The van der Waals surface area contributed by atoms with Crippen molar-refractivity contribution in [3.8, 4) is 0 Å². The molecule has 8 heteroatoms. The molecule has 132 valence electrons. The van der Waals surface area contributed by atoms with E-state index < -0.39 is 0 Å². The third-order valence-electron chi connectivity index (χ3n) is 3.76. The number of hydrogen-bond acceptors (Lipinski definition) is 8. The van der Waals surface area contributed by atoms with Crippen LogP contribution in [0.1, 0.15) is 11.1 Å². The van der Waals surface area contributed by atoms with Crippen LogP contribution in [-0.2, 0) is 4.74 Å². The monoisotopic (exact) mass is 341 g/mol. The highest BCUT2D eigenvalue weighted by Gasteiger charge is 2.17. The number of morpholine rings is 1. The topological polar surface area (TPSA) is 78.8 Å². The number of benzene rings is 1. The van der Waals surface area contributed by atoms with Crippen molar-refractivity contribution in [3.63, 3.8) is 0 Å². The van der Waals surface area contributed by atoms with Gasteiger partial charge >= 0.3 is 0 Å². The van der Waals surface area contributed by atoms with Gasteiger partial charge in [-0.25, -0.2) is 5.43 Å². The molecule has 1 aromatic carbocycles. The van der Waals surface area contributed by atoms with Crippen LogP contribution in [-0.4, -0.2) is 61.6 Å². The summed E-state index contributed by atoms with van der Waals surface area (Å²) in [4.78, 5) is 17.3. The number of hydrazone groups is 1. The molecule has 0 atom stereocenters. The quantitative estimate of drug-likeness (QED) is 0.652. The van der Waals surface area contributed by atoms with Crippen LogP contribution in [0.15, 0.2) is 29.4 Å². The molecule has 1 N–H and O–H groups in total. The largest absolute Gasteiger partial charge is 0.378 e. The van der Waals surface area contributed by atoms with Gasteiger partial charge in [0.05, 0.1) is 19.4 Å². The molecule has 8 nitrogen and oxygen atoms in total. The van der Waals surface area contributed by atoms with Gasteiger partial charge < -0.3 is 14.5 Å². The van der Waals surface area contributed by atoms with Crippen molar-refractivity contribution in [2.45, 2.75) is 6.92 Å². The van der Waals surface area contributed by atoms with Gasteiger partial charge in [-0.1, -0.05) is 29.8 Å². The molecule has 1 fully saturated rings. The van der Waals surface area contributed by atoms with Crippen molar-refractivity contribution >= 4 is 24.1 Å². The Bertz CT molecular complexity index is 724. The highest BCUT2D eigenvalue weighted by Crippen LogP contribution is 2.16. The van der Waals surface area contributed by atoms with Gasteiger partial charge in [-0.2, -0.15) is 20.1 Å². The van der Waals surface area contributed by atoms with E-state index >= 15 is 0 Å². The van der Waals surface area contributed by atoms with E-state index in [-0.39, 0.29) is 0 Å². The first-order valence-electron chi connectivity index (χ1n) is 8.23. The summed E-state index contributed by atoms with van der Waals surface area (Å²) in [6.07, 6.45) is 1.74. The summed E-state index contributed by atoms with van der Waals surface area (Å²) in [6.45, 7) is 4.94. The van der Waals surface area contributed by atoms with Gasteiger partial charge in [-0.05, 0) is 12.5 Å². The Kier molecular flexibility index (Phi) is 5.39. The van der Waals surface area contributed by atoms with Crippen molar-refractivity contribution in [3.05, 3.63) is 35.4 Å². The van der Waals surface area contributed by atoms with E-state index in [4.69, 9.17) is 4.74 Å². The van der Waals surface area contributed by atoms with Crippen LogP contribution in [0.25, 0.3) is 0 Å². The Morgan fingerprint density at radius 3 is 2.52 bits per heavy atom. The van der Waals surface area contributed by atoms with Crippen LogP contribution < -0.4 is 15.2 Å². The average molecular weight is 341 g/mol. The highest BCUT2D eigenvalue weighted by molar-refractivity contribution is 5.80. The highest BCUT2D eigenvalue weighted by atomic mass is 16.5. The molecule has 2 heterocycles. The molecule has 1 aliphatic rings. The zero-order valence-corrected chi connectivity index (χ0v) is 14.8. The molecule has 3 rings (SSSR count). The minimum Gasteiger partial charge on any atom is -0.378 e. The van der Waals surface area contributed by atoms with Crippen LogP contribution >= 0.6 is 0 Å². The lowest BCUT2D eigenvalue weighted by molar-refractivity contribution is 0.122. The van der Waals surface area contributed by atoms with Gasteiger partial charge in [0.25, 0.3) is 0 Å². The van der Waals surface area contributed by atoms with Crippen LogP contribution in [0.4, 0.5) is 17.8 Å². The van der Waals surface area contributed by atoms with E-state index in [1.165, 1.54) is 5.56 Å². The van der Waals surface area contributed by atoms with E-state index in [2.05, 4.69) is 37.3 Å². The predicted molar refractivity (Wildman–Crippen MR) is 99.6 cm³/mol. The van der Waals surface area contributed by atoms with E-state index in [0.29, 0.717) is 31.1 Å². The maximum Gasteiger partial charge on any atom is 0.250 e. The second kappa shape index (κ2) is 7.89. The van der Waals surface area contributed by atoms with Crippen molar-refractivity contribution < 1.29 is 4.74 Å². The third-order valence-corrected chi connectivity index (χ3v) is 3.76. The molecule has 25 heavy (non-hydrogen) atoms. The SMILES string of the molecule is Cc1ccc(/C=N/Nc2nc(N(C)C)nc(N3CCOCC3)n2)cc1. The van der Waals surface area contributed by atoms with E-state index in [0.717, 1.165) is 18.7 Å². The summed E-state index contributed by atoms with van der Waals surface area (Å²) in [5.74, 6) is 1.64. The van der Waals surface area contributed by atoms with Crippen molar-refractivity contribution in [2.24, 2.45) is 5.10 Å². The molecule has 0 bridgehead atoms. The molecular formula is C17H23N7O. The number of aryl methyl sites for hydroxylation is 1. The number of hydrogen-bond donors (Lipinski definition) is 1. The lowest BCUT2D eigenvalue weighted by Crippen LogP contribution is -2.37. The van der Waals surface area contributed by atoms with E-state index in [1.807, 2.05) is 43.3 Å². The number of anilines is 3. The van der Waals surface area contributed by atoms with Gasteiger partial charge in [-0.3, -0.25) is 0 Å². The molecule has 0 radical (unpaired) electrons. The first kappa shape index (κ1) is 17.1. The summed E-state index contributed by atoms with van der Waals surface area (Å²) in [6, 6.07) is 8.12. The fourth-order valence-electron chi connectivity index (χ4n) is 2.33. The lowest BCUT2D eigenvalue weighted by atomic mass is 10.2. The minimum absolute atomic E-state index is 0.420. The molecule has 1 saturated heterocycles. The molecule has 0 amide bonds. The van der Waals surface area contributed by atoms with Gasteiger partial charge in [-0.15, -0.1) is 0 Å². The second-order valence-electron chi connectivity index (χ2n) is 6.03. The van der Waals surface area contributed by atoms with Gasteiger partial charge in [0.2, 0.25) is 17.8 Å². The zero-order chi connectivity index (χ0) is 17.6. The number of nitrogens with one attached hydrogen (secondary N) is 1. The Morgan fingerprint density at radius 2 is 1.84 bits per heavy atom. The minimum atomic E-state index is 0.420. The zero-order valence-electron chi connectivity index (χ0n) is 14.8. The molecule has 1 aromatic heterocycles. The normalized spacial score (nSPS) is 14.8. The molecule has 0 unspecified atom stereocenters. The number of nitrogens with zero attached hydrogens (tertiary/aromatic N) is 6. The third kappa shape index (κ3) is 4.63. The van der Waals surface area contributed by atoms with Crippen LogP contribution in [0.5, 0.6) is 0 Å². The summed E-state index contributed by atoms with van der Waals surface area (Å²) in [5, 5.41) is 4.24. The molecule has 0 saturated carbocycles. The molecule has 1 aliphatic heterocycles. The Balaban J connectivity index is 1.77. The Hall–Kier alpha value is -2.74. The summed E-state index contributed by atoms with van der Waals surface area (Å²) >= 11 is 0. The average Bonchev–Trinajstić information content (AvgIpc) is 2.64. The van der Waals surface area contributed by atoms with Crippen molar-refractivity contribution in [1.82, 2.24) is 15.0 Å². The molecule has 2 aromatic rings. The summed E-state index contributed by atoms with van der Waals surface area (Å²) in [7, 11) is 3.80. The Labute approximate surface area is 147 Å². The smallest absolute Gasteiger partial charge is 0.250 e. The predicted octanol–water partition coefficient (Wildman–Crippen LogP) is 1.53. The van der Waals surface area contributed by atoms with E-state index in [9.17, 15) is 0 Å². The maximum absolute atomic E-state index is 5.39. The molecule has 0 aliphatic carbocycles. The van der Waals surface area contributed by atoms with E-state index in [1.54, 1.807) is 6.21 Å². The number of ether oxygens (including phenoxy) is 1.